The molecule has 0 saturated carbocycles. The van der Waals surface area contributed by atoms with E-state index in [0.29, 0.717) is 12.8 Å². The Kier molecular flexibility index (Phi) is 43.1. The van der Waals surface area contributed by atoms with Crippen molar-refractivity contribution in [2.75, 3.05) is 13.2 Å². The van der Waals surface area contributed by atoms with Gasteiger partial charge in [-0.25, -0.2) is 0 Å². The van der Waals surface area contributed by atoms with E-state index in [9.17, 15) is 14.7 Å². The Morgan fingerprint density at radius 1 is 0.436 bits per heavy atom. The minimum Gasteiger partial charge on any atom is -0.462 e. The summed E-state index contributed by atoms with van der Waals surface area (Å²) in [5, 5.41) is 9.60. The van der Waals surface area contributed by atoms with Gasteiger partial charge in [-0.15, -0.1) is 0 Å². The summed E-state index contributed by atoms with van der Waals surface area (Å²) in [5.41, 5.74) is 0. The fourth-order valence-corrected chi connectivity index (χ4v) is 6.02. The van der Waals surface area contributed by atoms with Crippen LogP contribution >= 0.6 is 0 Å². The van der Waals surface area contributed by atoms with E-state index in [0.717, 1.165) is 89.9 Å². The van der Waals surface area contributed by atoms with E-state index in [1.807, 2.05) is 0 Å². The molecule has 5 nitrogen and oxygen atoms in total. The zero-order valence-corrected chi connectivity index (χ0v) is 35.7. The largest absolute Gasteiger partial charge is 0.462 e. The Morgan fingerprint density at radius 2 is 0.782 bits per heavy atom. The van der Waals surface area contributed by atoms with E-state index in [1.165, 1.54) is 83.5 Å². The number of rotatable bonds is 40. The molecule has 0 saturated heterocycles. The van der Waals surface area contributed by atoms with Gasteiger partial charge in [-0.2, -0.15) is 0 Å². The van der Waals surface area contributed by atoms with Gasteiger partial charge in [0, 0.05) is 12.8 Å². The van der Waals surface area contributed by atoms with E-state index >= 15 is 0 Å². The molecule has 0 radical (unpaired) electrons. The van der Waals surface area contributed by atoms with Crippen LogP contribution in [0.5, 0.6) is 0 Å². The van der Waals surface area contributed by atoms with Crippen LogP contribution in [0.15, 0.2) is 85.1 Å². The van der Waals surface area contributed by atoms with Gasteiger partial charge in [0.1, 0.15) is 6.61 Å². The molecule has 0 aliphatic rings. The number of ether oxygens (including phenoxy) is 2. The minimum atomic E-state index is -0.786. The monoisotopic (exact) mass is 765 g/mol. The summed E-state index contributed by atoms with van der Waals surface area (Å²) in [7, 11) is 0. The summed E-state index contributed by atoms with van der Waals surface area (Å²) in [6, 6.07) is 0. The molecule has 314 valence electrons. The number of esters is 2. The molecule has 0 aromatic rings. The highest BCUT2D eigenvalue weighted by molar-refractivity contribution is 5.70. The molecule has 1 N–H and O–H groups in total. The lowest BCUT2D eigenvalue weighted by Gasteiger charge is -2.15. The molecule has 0 aromatic carbocycles. The van der Waals surface area contributed by atoms with E-state index in [1.54, 1.807) is 0 Å². The number of carbonyl (C=O) groups excluding carboxylic acids is 2. The number of carbonyl (C=O) groups is 2. The van der Waals surface area contributed by atoms with Crippen LogP contribution in [0.3, 0.4) is 0 Å². The predicted octanol–water partition coefficient (Wildman–Crippen LogP) is 14.7. The molecule has 0 amide bonds. The average Bonchev–Trinajstić information content (AvgIpc) is 3.19. The van der Waals surface area contributed by atoms with Crippen LogP contribution in [0.1, 0.15) is 200 Å². The zero-order valence-electron chi connectivity index (χ0n) is 35.7. The Labute approximate surface area is 339 Å². The van der Waals surface area contributed by atoms with Gasteiger partial charge in [0.2, 0.25) is 0 Å². The molecule has 0 aliphatic heterocycles. The third-order valence-corrected chi connectivity index (χ3v) is 9.42. The zero-order chi connectivity index (χ0) is 40.0. The van der Waals surface area contributed by atoms with Crippen LogP contribution in [0.4, 0.5) is 0 Å². The first kappa shape index (κ1) is 52.1. The Hall–Kier alpha value is -2.92. The normalized spacial score (nSPS) is 13.0. The molecule has 0 spiro atoms. The van der Waals surface area contributed by atoms with Gasteiger partial charge in [0.15, 0.2) is 6.10 Å². The Balaban J connectivity index is 3.60. The summed E-state index contributed by atoms with van der Waals surface area (Å²) in [6.07, 6.45) is 62.2. The highest BCUT2D eigenvalue weighted by Gasteiger charge is 2.16. The highest BCUT2D eigenvalue weighted by atomic mass is 16.6. The number of allylic oxidation sites excluding steroid dienone is 14. The maximum Gasteiger partial charge on any atom is 0.306 e. The molecular weight excluding hydrogens is 681 g/mol. The first-order valence-electron chi connectivity index (χ1n) is 22.6. The number of aliphatic hydroxyl groups excluding tert-OH is 1. The van der Waals surface area contributed by atoms with Crippen molar-refractivity contribution in [2.24, 2.45) is 0 Å². The summed E-state index contributed by atoms with van der Waals surface area (Å²) >= 11 is 0. The van der Waals surface area contributed by atoms with Crippen LogP contribution in [0.2, 0.25) is 0 Å². The lowest BCUT2D eigenvalue weighted by molar-refractivity contribution is -0.161. The van der Waals surface area contributed by atoms with Crippen LogP contribution in [-0.2, 0) is 19.1 Å². The van der Waals surface area contributed by atoms with E-state index in [4.69, 9.17) is 9.47 Å². The smallest absolute Gasteiger partial charge is 0.306 e. The molecule has 55 heavy (non-hydrogen) atoms. The number of hydrogen-bond donors (Lipinski definition) is 1. The molecule has 0 heterocycles. The van der Waals surface area contributed by atoms with E-state index < -0.39 is 6.10 Å². The molecule has 5 heteroatoms. The fraction of sp³-hybridized carbons (Fsp3) is 0.680. The van der Waals surface area contributed by atoms with Crippen molar-refractivity contribution < 1.29 is 24.2 Å². The maximum absolute atomic E-state index is 12.2. The van der Waals surface area contributed by atoms with Crippen molar-refractivity contribution in [2.45, 2.75) is 206 Å². The summed E-state index contributed by atoms with van der Waals surface area (Å²) in [4.78, 5) is 24.4. The summed E-state index contributed by atoms with van der Waals surface area (Å²) in [5.74, 6) is -0.616. The second-order valence-electron chi connectivity index (χ2n) is 14.7. The lowest BCUT2D eigenvalue weighted by Crippen LogP contribution is -2.28. The Bertz CT molecular complexity index is 1050. The molecule has 1 atom stereocenters. The van der Waals surface area contributed by atoms with Crippen molar-refractivity contribution in [1.82, 2.24) is 0 Å². The average molecular weight is 765 g/mol. The summed E-state index contributed by atoms with van der Waals surface area (Å²) < 4.78 is 10.6. The van der Waals surface area contributed by atoms with Crippen molar-refractivity contribution in [3.8, 4) is 0 Å². The maximum atomic E-state index is 12.2. The molecule has 0 bridgehead atoms. The van der Waals surface area contributed by atoms with Gasteiger partial charge in [-0.3, -0.25) is 9.59 Å². The quantitative estimate of drug-likeness (QED) is 0.0382. The van der Waals surface area contributed by atoms with Crippen LogP contribution in [-0.4, -0.2) is 36.4 Å². The lowest BCUT2D eigenvalue weighted by atomic mass is 10.1. The van der Waals surface area contributed by atoms with Gasteiger partial charge in [0.05, 0.1) is 6.61 Å². The molecule has 0 fully saturated rings. The minimum absolute atomic E-state index is 0.0789. The van der Waals surface area contributed by atoms with Crippen LogP contribution < -0.4 is 0 Å². The Morgan fingerprint density at radius 3 is 1.18 bits per heavy atom. The third kappa shape index (κ3) is 43.7. The molecule has 1 unspecified atom stereocenters. The molecule has 0 aliphatic carbocycles. The van der Waals surface area contributed by atoms with Gasteiger partial charge in [-0.05, 0) is 89.9 Å². The van der Waals surface area contributed by atoms with Gasteiger partial charge in [0.25, 0.3) is 0 Å². The second kappa shape index (κ2) is 45.5. The summed E-state index contributed by atoms with van der Waals surface area (Å²) in [6.45, 7) is 3.99. The first-order valence-corrected chi connectivity index (χ1v) is 22.6. The molecule has 0 rings (SSSR count). The number of aliphatic hydroxyl groups is 1. The first-order chi connectivity index (χ1) is 27.1. The van der Waals surface area contributed by atoms with Crippen molar-refractivity contribution in [3.05, 3.63) is 85.1 Å². The highest BCUT2D eigenvalue weighted by Crippen LogP contribution is 2.13. The van der Waals surface area contributed by atoms with Crippen molar-refractivity contribution >= 4 is 11.9 Å². The van der Waals surface area contributed by atoms with Gasteiger partial charge >= 0.3 is 11.9 Å². The standard InChI is InChI=1S/C50H84O5/c1-3-5-7-9-11-13-15-17-19-21-23-24-25-26-27-29-31-33-35-37-39-41-43-45-50(53)55-48(46-51)47-54-49(52)44-42-40-38-36-34-32-30-28-22-20-18-16-14-12-10-8-6-4-2/h5,7,11,13-14,16-17,19-20,22-24,26-27,48,51H,3-4,6,8-10,12,15,18,21,25,28-47H2,1-2H3/b7-5-,13-11-,16-14-,19-17-,22-20-,24-23-,27-26-. The molecular formula is C50H84O5. The van der Waals surface area contributed by atoms with E-state index in [2.05, 4.69) is 98.9 Å². The van der Waals surface area contributed by atoms with Crippen LogP contribution in [0.25, 0.3) is 0 Å². The van der Waals surface area contributed by atoms with Gasteiger partial charge < -0.3 is 14.6 Å². The topological polar surface area (TPSA) is 72.8 Å². The van der Waals surface area contributed by atoms with Crippen molar-refractivity contribution in [3.63, 3.8) is 0 Å². The SMILES string of the molecule is CC/C=C\C/C=C\C/C=C\C/C=C\C/C=C\CCCCCCCCCC(=O)OC(CO)COC(=O)CCCCCCCCC/C=C\C/C=C\CCCCCC. The van der Waals surface area contributed by atoms with E-state index in [-0.39, 0.29) is 25.2 Å². The second-order valence-corrected chi connectivity index (χ2v) is 14.7. The third-order valence-electron chi connectivity index (χ3n) is 9.42. The number of unbranched alkanes of at least 4 members (excludes halogenated alkanes) is 18. The predicted molar refractivity (Wildman–Crippen MR) is 237 cm³/mol. The molecule has 0 aromatic heterocycles. The van der Waals surface area contributed by atoms with Crippen LogP contribution in [0, 0.1) is 0 Å². The number of hydrogen-bond acceptors (Lipinski definition) is 5. The van der Waals surface area contributed by atoms with Crippen molar-refractivity contribution in [1.29, 1.82) is 0 Å². The van der Waals surface area contributed by atoms with Gasteiger partial charge in [-0.1, -0.05) is 182 Å². The fourth-order valence-electron chi connectivity index (χ4n) is 6.02.